The van der Waals surface area contributed by atoms with Crippen LogP contribution in [0.15, 0.2) is 48.6 Å². The lowest BCUT2D eigenvalue weighted by Crippen LogP contribution is -2.55. The number of carbonyl (C=O) groups excluding carboxylic acids is 3. The number of allylic oxidation sites excluding steroid dienone is 3. The van der Waals surface area contributed by atoms with E-state index in [0.717, 1.165) is 10.9 Å². The molecule has 9 heteroatoms. The van der Waals surface area contributed by atoms with Crippen LogP contribution < -0.4 is 15.4 Å². The van der Waals surface area contributed by atoms with E-state index in [0.29, 0.717) is 25.0 Å². The number of benzene rings is 1. The van der Waals surface area contributed by atoms with E-state index in [2.05, 4.69) is 21.7 Å². The van der Waals surface area contributed by atoms with Crippen molar-refractivity contribution in [3.05, 3.63) is 54.3 Å². The third-order valence-corrected chi connectivity index (χ3v) is 6.27. The number of aromatic amines is 1. The first kappa shape index (κ1) is 28.5. The van der Waals surface area contributed by atoms with Gasteiger partial charge in [-0.15, -0.1) is 0 Å². The molecule has 9 nitrogen and oxygen atoms in total. The molecule has 0 spiro atoms. The zero-order valence-electron chi connectivity index (χ0n) is 22.7. The highest BCUT2D eigenvalue weighted by atomic mass is 16.5. The summed E-state index contributed by atoms with van der Waals surface area (Å²) in [6.07, 6.45) is 8.74. The van der Waals surface area contributed by atoms with E-state index < -0.39 is 23.9 Å². The van der Waals surface area contributed by atoms with E-state index >= 15 is 0 Å². The molecule has 1 aliphatic heterocycles. The highest BCUT2D eigenvalue weighted by Crippen LogP contribution is 2.27. The number of ether oxygens (including phenoxy) is 1. The molecular formula is C29H37N5O4. The van der Waals surface area contributed by atoms with E-state index in [1.807, 2.05) is 64.1 Å². The predicted octanol–water partition coefficient (Wildman–Crippen LogP) is 3.84. The Hall–Kier alpha value is -4.06. The highest BCUT2D eigenvalue weighted by molar-refractivity contribution is 6.01. The zero-order valence-corrected chi connectivity index (χ0v) is 22.7. The van der Waals surface area contributed by atoms with Gasteiger partial charge in [-0.3, -0.25) is 14.4 Å². The van der Waals surface area contributed by atoms with Gasteiger partial charge in [-0.1, -0.05) is 51.1 Å². The van der Waals surface area contributed by atoms with Crippen LogP contribution in [0.2, 0.25) is 0 Å². The standard InChI is InChI=1S/C29H37N5O4/c1-19-11-8-6-7-9-12-20(17-30)34(18-26(35)31-19)28(37)24(16-29(2,3)4)33-27(36)23-15-21-22(32-23)13-10-14-25(21)38-5/h6-8,10-11,13-15,19-20,24,32H,9,12,16,18H2,1-5H3,(H,31,35)(H,33,36)/b7-6-,11-8-/t19?,20-,24+/m0/s1. The summed E-state index contributed by atoms with van der Waals surface area (Å²) >= 11 is 0. The predicted molar refractivity (Wildman–Crippen MR) is 146 cm³/mol. The van der Waals surface area contributed by atoms with E-state index in [1.54, 1.807) is 19.2 Å². The molecule has 0 bridgehead atoms. The van der Waals surface area contributed by atoms with Crippen LogP contribution in [0.1, 0.15) is 57.4 Å². The Labute approximate surface area is 223 Å². The molecule has 1 aliphatic rings. The second-order valence-corrected chi connectivity index (χ2v) is 10.8. The minimum atomic E-state index is -0.944. The van der Waals surface area contributed by atoms with E-state index in [9.17, 15) is 19.6 Å². The number of fused-ring (bicyclic) bond motifs is 1. The van der Waals surface area contributed by atoms with Crippen molar-refractivity contribution in [3.8, 4) is 11.8 Å². The second-order valence-electron chi connectivity index (χ2n) is 10.8. The maximum atomic E-state index is 13.9. The first-order chi connectivity index (χ1) is 18.0. The van der Waals surface area contributed by atoms with Crippen molar-refractivity contribution in [2.75, 3.05) is 13.7 Å². The highest BCUT2D eigenvalue weighted by Gasteiger charge is 2.35. The van der Waals surface area contributed by atoms with Crippen LogP contribution in [0, 0.1) is 16.7 Å². The molecule has 0 aliphatic carbocycles. The van der Waals surface area contributed by atoms with Crippen LogP contribution in [0.3, 0.4) is 0 Å². The van der Waals surface area contributed by atoms with Crippen LogP contribution >= 0.6 is 0 Å². The van der Waals surface area contributed by atoms with Crippen molar-refractivity contribution >= 4 is 28.6 Å². The van der Waals surface area contributed by atoms with E-state index in [4.69, 9.17) is 4.74 Å². The van der Waals surface area contributed by atoms with Gasteiger partial charge < -0.3 is 25.3 Å². The fourth-order valence-corrected chi connectivity index (χ4v) is 4.47. The Bertz CT molecular complexity index is 1260. The van der Waals surface area contributed by atoms with Crippen LogP contribution in [0.4, 0.5) is 0 Å². The zero-order chi connectivity index (χ0) is 27.9. The summed E-state index contributed by atoms with van der Waals surface area (Å²) in [6.45, 7) is 7.46. The van der Waals surface area contributed by atoms with Gasteiger partial charge in [0.25, 0.3) is 5.91 Å². The van der Waals surface area contributed by atoms with Crippen molar-refractivity contribution in [1.82, 2.24) is 20.5 Å². The molecule has 0 radical (unpaired) electrons. The van der Waals surface area contributed by atoms with Gasteiger partial charge in [0.15, 0.2) is 0 Å². The van der Waals surface area contributed by atoms with E-state index in [-0.39, 0.29) is 29.6 Å². The fourth-order valence-electron chi connectivity index (χ4n) is 4.47. The first-order valence-electron chi connectivity index (χ1n) is 12.8. The molecule has 2 aromatic rings. The summed E-state index contributed by atoms with van der Waals surface area (Å²) in [5, 5.41) is 16.4. The summed E-state index contributed by atoms with van der Waals surface area (Å²) in [4.78, 5) is 44.5. The number of H-pyrrole nitrogens is 1. The van der Waals surface area contributed by atoms with Crippen LogP contribution in [0.25, 0.3) is 10.9 Å². The lowest BCUT2D eigenvalue weighted by atomic mass is 9.87. The Morgan fingerprint density at radius 1 is 1.29 bits per heavy atom. The van der Waals surface area contributed by atoms with Gasteiger partial charge >= 0.3 is 0 Å². The Morgan fingerprint density at radius 3 is 2.74 bits per heavy atom. The second kappa shape index (κ2) is 12.5. The monoisotopic (exact) mass is 519 g/mol. The number of nitrogens with one attached hydrogen (secondary N) is 3. The quantitative estimate of drug-likeness (QED) is 0.553. The minimum Gasteiger partial charge on any atom is -0.496 e. The lowest BCUT2D eigenvalue weighted by molar-refractivity contribution is -0.139. The van der Waals surface area contributed by atoms with Crippen LogP contribution in [0.5, 0.6) is 5.75 Å². The lowest BCUT2D eigenvalue weighted by Gasteiger charge is -2.33. The van der Waals surface area contributed by atoms with Crippen molar-refractivity contribution < 1.29 is 19.1 Å². The number of aromatic nitrogens is 1. The molecule has 0 saturated heterocycles. The molecule has 3 N–H and O–H groups in total. The van der Waals surface area contributed by atoms with Gasteiger partial charge in [0.05, 0.1) is 13.2 Å². The van der Waals surface area contributed by atoms with Gasteiger partial charge in [0, 0.05) is 16.9 Å². The van der Waals surface area contributed by atoms with Crippen molar-refractivity contribution in [2.45, 2.75) is 65.1 Å². The van der Waals surface area contributed by atoms with Crippen molar-refractivity contribution in [2.24, 2.45) is 5.41 Å². The van der Waals surface area contributed by atoms with Gasteiger partial charge in [0.2, 0.25) is 11.8 Å². The average Bonchev–Trinajstić information content (AvgIpc) is 3.29. The van der Waals surface area contributed by atoms with Gasteiger partial charge in [-0.25, -0.2) is 0 Å². The molecule has 2 heterocycles. The fraction of sp³-hybridized carbons (Fsp3) is 0.448. The van der Waals surface area contributed by atoms with Gasteiger partial charge in [0.1, 0.15) is 30.1 Å². The third kappa shape index (κ3) is 7.48. The summed E-state index contributed by atoms with van der Waals surface area (Å²) in [5.41, 5.74) is 0.690. The molecule has 3 atom stereocenters. The smallest absolute Gasteiger partial charge is 0.268 e. The van der Waals surface area contributed by atoms with Crippen LogP contribution in [-0.2, 0) is 9.59 Å². The number of amides is 3. The summed E-state index contributed by atoms with van der Waals surface area (Å²) in [7, 11) is 1.56. The summed E-state index contributed by atoms with van der Waals surface area (Å²) in [6, 6.07) is 7.33. The summed E-state index contributed by atoms with van der Waals surface area (Å²) < 4.78 is 5.39. The topological polar surface area (TPSA) is 127 Å². The number of nitrogens with zero attached hydrogens (tertiary/aromatic N) is 2. The molecule has 0 saturated carbocycles. The first-order valence-corrected chi connectivity index (χ1v) is 12.8. The molecule has 38 heavy (non-hydrogen) atoms. The van der Waals surface area contributed by atoms with Crippen LogP contribution in [-0.4, -0.2) is 59.4 Å². The Kier molecular flexibility index (Phi) is 9.35. The van der Waals surface area contributed by atoms with Crippen molar-refractivity contribution in [1.29, 1.82) is 5.26 Å². The number of carbonyl (C=O) groups is 3. The molecule has 0 fully saturated rings. The SMILES string of the molecule is COc1cccc2[nH]c(C(=O)N[C@H](CC(C)(C)C)C(=O)N3CC(=O)NC(C)/C=C\C=C/CC[C@H]3C#N)cc12. The molecule has 3 rings (SSSR count). The average molecular weight is 520 g/mol. The number of nitriles is 1. The minimum absolute atomic E-state index is 0.242. The maximum Gasteiger partial charge on any atom is 0.268 e. The maximum absolute atomic E-state index is 13.9. The van der Waals surface area contributed by atoms with Crippen molar-refractivity contribution in [3.63, 3.8) is 0 Å². The van der Waals surface area contributed by atoms with E-state index in [1.165, 1.54) is 4.90 Å². The van der Waals surface area contributed by atoms with Gasteiger partial charge in [-0.2, -0.15) is 5.26 Å². The summed E-state index contributed by atoms with van der Waals surface area (Å²) in [5.74, 6) is -0.669. The number of methoxy groups -OCH3 is 1. The molecule has 1 aromatic heterocycles. The Balaban J connectivity index is 1.92. The molecule has 1 unspecified atom stereocenters. The normalized spacial score (nSPS) is 21.3. The Morgan fingerprint density at radius 2 is 2.05 bits per heavy atom. The number of hydrogen-bond donors (Lipinski definition) is 3. The number of hydrogen-bond acceptors (Lipinski definition) is 5. The third-order valence-electron chi connectivity index (χ3n) is 6.27. The number of rotatable bonds is 5. The molecule has 3 amide bonds. The molecular weight excluding hydrogens is 482 g/mol. The molecule has 1 aromatic carbocycles. The molecule has 202 valence electrons. The largest absolute Gasteiger partial charge is 0.496 e. The van der Waals surface area contributed by atoms with Gasteiger partial charge in [-0.05, 0) is 49.8 Å².